The highest BCUT2D eigenvalue weighted by atomic mass is 19.4. The molecule has 1 saturated carbocycles. The van der Waals surface area contributed by atoms with Gasteiger partial charge in [0.15, 0.2) is 0 Å². The van der Waals surface area contributed by atoms with E-state index in [1.54, 1.807) is 24.0 Å². The summed E-state index contributed by atoms with van der Waals surface area (Å²) < 4.78 is 40.1. The fourth-order valence-corrected chi connectivity index (χ4v) is 2.89. The molecule has 0 amide bonds. The minimum atomic E-state index is -4.11. The van der Waals surface area contributed by atoms with Crippen LogP contribution in [0.5, 0.6) is 0 Å². The van der Waals surface area contributed by atoms with Crippen molar-refractivity contribution >= 4 is 0 Å². The Hall–Kier alpha value is -1.08. The van der Waals surface area contributed by atoms with Crippen LogP contribution in [0.1, 0.15) is 37.4 Å². The second-order valence-corrected chi connectivity index (χ2v) is 5.22. The van der Waals surface area contributed by atoms with E-state index in [4.69, 9.17) is 5.84 Å². The Labute approximate surface area is 110 Å². The number of hydrogen-bond acceptors (Lipinski definition) is 3. The van der Waals surface area contributed by atoms with Gasteiger partial charge < -0.3 is 0 Å². The molecule has 0 bridgehead atoms. The Bertz CT molecular complexity index is 415. The smallest absolute Gasteiger partial charge is 0.275 e. The number of hydrazine groups is 1. The third-order valence-corrected chi connectivity index (χ3v) is 3.88. The van der Waals surface area contributed by atoms with Gasteiger partial charge in [-0.15, -0.1) is 0 Å². The molecule has 1 aromatic rings. The zero-order valence-corrected chi connectivity index (χ0v) is 10.8. The predicted molar refractivity (Wildman–Crippen MR) is 64.8 cm³/mol. The summed E-state index contributed by atoms with van der Waals surface area (Å²) in [6.07, 6.45) is -0.669. The van der Waals surface area contributed by atoms with Crippen LogP contribution in [0, 0.1) is 11.8 Å². The number of nitrogens with one attached hydrogen (secondary N) is 1. The first-order chi connectivity index (χ1) is 8.91. The number of nitrogens with zero attached hydrogens (tertiary/aromatic N) is 2. The first-order valence-corrected chi connectivity index (χ1v) is 6.44. The van der Waals surface area contributed by atoms with Gasteiger partial charge in [-0.05, 0) is 31.2 Å². The average Bonchev–Trinajstić information content (AvgIpc) is 2.76. The third kappa shape index (κ3) is 3.27. The Balaban J connectivity index is 2.10. The molecule has 1 aromatic heterocycles. The van der Waals surface area contributed by atoms with Crippen LogP contribution in [-0.2, 0) is 7.05 Å². The molecule has 1 fully saturated rings. The fourth-order valence-electron chi connectivity index (χ4n) is 2.89. The van der Waals surface area contributed by atoms with Crippen molar-refractivity contribution in [1.82, 2.24) is 15.2 Å². The molecule has 1 aliphatic carbocycles. The van der Waals surface area contributed by atoms with Crippen LogP contribution < -0.4 is 11.3 Å². The molecule has 1 aliphatic rings. The van der Waals surface area contributed by atoms with Crippen molar-refractivity contribution in [3.63, 3.8) is 0 Å². The Morgan fingerprint density at radius 2 is 2.21 bits per heavy atom. The molecule has 7 heteroatoms. The van der Waals surface area contributed by atoms with Gasteiger partial charge in [0.1, 0.15) is 0 Å². The molecule has 0 aliphatic heterocycles. The maximum atomic E-state index is 12.8. The van der Waals surface area contributed by atoms with Crippen molar-refractivity contribution in [1.29, 1.82) is 0 Å². The quantitative estimate of drug-likeness (QED) is 0.658. The average molecular weight is 276 g/mol. The Morgan fingerprint density at radius 1 is 1.47 bits per heavy atom. The standard InChI is InChI=1S/C12H19F3N4/c1-19-6-5-10(18-19)11(17-16)8-3-2-4-9(7-8)12(13,14)15/h5-6,8-9,11,17H,2-4,7,16H2,1H3. The van der Waals surface area contributed by atoms with Crippen molar-refractivity contribution in [3.8, 4) is 0 Å². The first-order valence-electron chi connectivity index (χ1n) is 6.44. The highest BCUT2D eigenvalue weighted by Gasteiger charge is 2.43. The number of halogens is 3. The number of aryl methyl sites for hydroxylation is 1. The van der Waals surface area contributed by atoms with E-state index in [1.165, 1.54) is 0 Å². The lowest BCUT2D eigenvalue weighted by Gasteiger charge is -2.34. The minimum absolute atomic E-state index is 0.120. The molecule has 1 heterocycles. The number of rotatable bonds is 3. The van der Waals surface area contributed by atoms with Gasteiger partial charge in [-0.25, -0.2) is 0 Å². The van der Waals surface area contributed by atoms with E-state index in [0.29, 0.717) is 12.1 Å². The van der Waals surface area contributed by atoms with Gasteiger partial charge in [0.05, 0.1) is 17.7 Å². The lowest BCUT2D eigenvalue weighted by Crippen LogP contribution is -2.38. The maximum Gasteiger partial charge on any atom is 0.391 e. The molecule has 0 aromatic carbocycles. The second kappa shape index (κ2) is 5.50. The lowest BCUT2D eigenvalue weighted by atomic mass is 9.77. The summed E-state index contributed by atoms with van der Waals surface area (Å²) in [5.41, 5.74) is 3.34. The van der Waals surface area contributed by atoms with E-state index in [9.17, 15) is 13.2 Å². The van der Waals surface area contributed by atoms with E-state index in [-0.39, 0.29) is 24.8 Å². The van der Waals surface area contributed by atoms with E-state index in [2.05, 4.69) is 10.5 Å². The number of alkyl halides is 3. The molecule has 3 N–H and O–H groups in total. The van der Waals surface area contributed by atoms with E-state index >= 15 is 0 Å². The highest BCUT2D eigenvalue weighted by Crippen LogP contribution is 2.43. The van der Waals surface area contributed by atoms with Gasteiger partial charge in [0, 0.05) is 13.2 Å². The van der Waals surface area contributed by atoms with Gasteiger partial charge in [-0.1, -0.05) is 6.42 Å². The van der Waals surface area contributed by atoms with Crippen molar-refractivity contribution in [2.75, 3.05) is 0 Å². The minimum Gasteiger partial charge on any atom is -0.275 e. The topological polar surface area (TPSA) is 55.9 Å². The Kier molecular flexibility index (Phi) is 4.15. The number of aromatic nitrogens is 2. The molecular weight excluding hydrogens is 257 g/mol. The summed E-state index contributed by atoms with van der Waals surface area (Å²) in [5.74, 6) is 4.18. The van der Waals surface area contributed by atoms with Crippen LogP contribution in [0.4, 0.5) is 13.2 Å². The van der Waals surface area contributed by atoms with Crippen molar-refractivity contribution in [2.24, 2.45) is 24.7 Å². The zero-order chi connectivity index (χ0) is 14.0. The molecular formula is C12H19F3N4. The summed E-state index contributed by atoms with van der Waals surface area (Å²) in [5, 5.41) is 4.24. The van der Waals surface area contributed by atoms with E-state index in [0.717, 1.165) is 6.42 Å². The SMILES string of the molecule is Cn1ccc(C(NN)C2CCCC(C(F)(F)F)C2)n1. The van der Waals surface area contributed by atoms with Gasteiger partial charge >= 0.3 is 6.18 Å². The van der Waals surface area contributed by atoms with Crippen LogP contribution in [-0.4, -0.2) is 16.0 Å². The first kappa shape index (κ1) is 14.3. The molecule has 4 nitrogen and oxygen atoms in total. The lowest BCUT2D eigenvalue weighted by molar-refractivity contribution is -0.186. The van der Waals surface area contributed by atoms with Crippen molar-refractivity contribution < 1.29 is 13.2 Å². The summed E-state index contributed by atoms with van der Waals surface area (Å²) in [6.45, 7) is 0. The molecule has 0 spiro atoms. The molecule has 0 saturated heterocycles. The molecule has 3 unspecified atom stereocenters. The van der Waals surface area contributed by atoms with Crippen LogP contribution in [0.25, 0.3) is 0 Å². The summed E-state index contributed by atoms with van der Waals surface area (Å²) in [4.78, 5) is 0. The van der Waals surface area contributed by atoms with Gasteiger partial charge in [0.25, 0.3) is 0 Å². The normalized spacial score (nSPS) is 26.4. The van der Waals surface area contributed by atoms with E-state index in [1.807, 2.05) is 0 Å². The van der Waals surface area contributed by atoms with Crippen molar-refractivity contribution in [3.05, 3.63) is 18.0 Å². The molecule has 108 valence electrons. The molecule has 2 rings (SSSR count). The molecule has 19 heavy (non-hydrogen) atoms. The van der Waals surface area contributed by atoms with Crippen LogP contribution >= 0.6 is 0 Å². The van der Waals surface area contributed by atoms with Crippen molar-refractivity contribution in [2.45, 2.75) is 37.9 Å². The number of nitrogens with two attached hydrogens (primary N) is 1. The monoisotopic (exact) mass is 276 g/mol. The van der Waals surface area contributed by atoms with Crippen LogP contribution in [0.15, 0.2) is 12.3 Å². The molecule has 3 atom stereocenters. The molecule has 0 radical (unpaired) electrons. The maximum absolute atomic E-state index is 12.8. The van der Waals surface area contributed by atoms with E-state index < -0.39 is 12.1 Å². The van der Waals surface area contributed by atoms with Gasteiger partial charge in [0.2, 0.25) is 0 Å². The summed E-state index contributed by atoms with van der Waals surface area (Å²) >= 11 is 0. The summed E-state index contributed by atoms with van der Waals surface area (Å²) in [7, 11) is 1.77. The second-order valence-electron chi connectivity index (χ2n) is 5.22. The third-order valence-electron chi connectivity index (χ3n) is 3.88. The van der Waals surface area contributed by atoms with Crippen LogP contribution in [0.2, 0.25) is 0 Å². The summed E-state index contributed by atoms with van der Waals surface area (Å²) in [6, 6.07) is 1.48. The van der Waals surface area contributed by atoms with Gasteiger partial charge in [-0.3, -0.25) is 16.0 Å². The Morgan fingerprint density at radius 3 is 2.74 bits per heavy atom. The van der Waals surface area contributed by atoms with Crippen LogP contribution in [0.3, 0.4) is 0 Å². The van der Waals surface area contributed by atoms with Gasteiger partial charge in [-0.2, -0.15) is 18.3 Å². The zero-order valence-electron chi connectivity index (χ0n) is 10.8. The number of hydrogen-bond donors (Lipinski definition) is 2. The largest absolute Gasteiger partial charge is 0.391 e. The highest BCUT2D eigenvalue weighted by molar-refractivity contribution is 5.07. The predicted octanol–water partition coefficient (Wildman–Crippen LogP) is 2.29. The fraction of sp³-hybridized carbons (Fsp3) is 0.750.